The van der Waals surface area contributed by atoms with Gasteiger partial charge in [0.25, 0.3) is 0 Å². The van der Waals surface area contributed by atoms with Gasteiger partial charge in [-0.1, -0.05) is 19.1 Å². The Morgan fingerprint density at radius 3 is 2.44 bits per heavy atom. The van der Waals surface area contributed by atoms with Crippen molar-refractivity contribution in [1.29, 1.82) is 0 Å². The van der Waals surface area contributed by atoms with E-state index in [4.69, 9.17) is 15.3 Å². The molecule has 1 rings (SSSR count). The average molecular weight is 252 g/mol. The van der Waals surface area contributed by atoms with E-state index in [2.05, 4.69) is 24.5 Å². The van der Waals surface area contributed by atoms with E-state index in [1.807, 2.05) is 19.1 Å². The summed E-state index contributed by atoms with van der Waals surface area (Å²) < 4.78 is 10.6. The summed E-state index contributed by atoms with van der Waals surface area (Å²) in [6.45, 7) is 5.56. The van der Waals surface area contributed by atoms with Crippen LogP contribution in [0.3, 0.4) is 0 Å². The Morgan fingerprint density at radius 2 is 1.94 bits per heavy atom. The molecule has 3 N–H and O–H groups in total. The molecule has 0 bridgehead atoms. The predicted octanol–water partition coefficient (Wildman–Crippen LogP) is 2.26. The quantitative estimate of drug-likeness (QED) is 0.550. The molecule has 0 radical (unpaired) electrons. The molecule has 0 saturated heterocycles. The normalized spacial score (nSPS) is 14.2. The number of hydrogen-bond donors (Lipinski definition) is 2. The molecule has 0 spiro atoms. The molecule has 2 unspecified atom stereocenters. The van der Waals surface area contributed by atoms with E-state index in [0.29, 0.717) is 12.5 Å². The van der Waals surface area contributed by atoms with Gasteiger partial charge in [0.1, 0.15) is 5.75 Å². The van der Waals surface area contributed by atoms with Crippen molar-refractivity contribution in [2.75, 3.05) is 20.3 Å². The minimum Gasteiger partial charge on any atom is -0.494 e. The second kappa shape index (κ2) is 8.08. The van der Waals surface area contributed by atoms with E-state index < -0.39 is 0 Å². The van der Waals surface area contributed by atoms with Crippen molar-refractivity contribution in [2.45, 2.75) is 26.3 Å². The molecule has 4 heteroatoms. The lowest BCUT2D eigenvalue weighted by Gasteiger charge is -2.20. The monoisotopic (exact) mass is 252 g/mol. The van der Waals surface area contributed by atoms with Gasteiger partial charge in [-0.3, -0.25) is 11.3 Å². The maximum atomic E-state index is 5.62. The van der Waals surface area contributed by atoms with Crippen molar-refractivity contribution in [2.24, 2.45) is 11.8 Å². The summed E-state index contributed by atoms with van der Waals surface area (Å²) in [6.07, 6.45) is 0.943. The molecule has 4 nitrogen and oxygen atoms in total. The van der Waals surface area contributed by atoms with Gasteiger partial charge in [-0.25, -0.2) is 0 Å². The Labute approximate surface area is 109 Å². The van der Waals surface area contributed by atoms with Crippen molar-refractivity contribution in [3.8, 4) is 5.75 Å². The van der Waals surface area contributed by atoms with Crippen molar-refractivity contribution >= 4 is 0 Å². The SMILES string of the molecule is CCOc1ccc(C(CC(C)COC)NN)cc1. The van der Waals surface area contributed by atoms with E-state index in [1.54, 1.807) is 7.11 Å². The number of methoxy groups -OCH3 is 1. The Kier molecular flexibility index (Phi) is 6.72. The van der Waals surface area contributed by atoms with Crippen molar-refractivity contribution in [3.05, 3.63) is 29.8 Å². The number of nitrogens with two attached hydrogens (primary N) is 1. The minimum atomic E-state index is 0.144. The molecule has 0 aromatic heterocycles. The van der Waals surface area contributed by atoms with Crippen molar-refractivity contribution < 1.29 is 9.47 Å². The average Bonchev–Trinajstić information content (AvgIpc) is 2.38. The Morgan fingerprint density at radius 1 is 1.28 bits per heavy atom. The first kappa shape index (κ1) is 15.0. The van der Waals surface area contributed by atoms with Crippen LogP contribution in [-0.4, -0.2) is 20.3 Å². The highest BCUT2D eigenvalue weighted by Crippen LogP contribution is 2.23. The lowest BCUT2D eigenvalue weighted by atomic mass is 9.97. The molecule has 0 heterocycles. The van der Waals surface area contributed by atoms with Crippen LogP contribution in [0, 0.1) is 5.92 Å². The van der Waals surface area contributed by atoms with Gasteiger partial charge >= 0.3 is 0 Å². The smallest absolute Gasteiger partial charge is 0.119 e. The van der Waals surface area contributed by atoms with E-state index >= 15 is 0 Å². The van der Waals surface area contributed by atoms with Crippen LogP contribution in [-0.2, 0) is 4.74 Å². The largest absolute Gasteiger partial charge is 0.494 e. The van der Waals surface area contributed by atoms with Gasteiger partial charge < -0.3 is 9.47 Å². The fraction of sp³-hybridized carbons (Fsp3) is 0.571. The van der Waals surface area contributed by atoms with Gasteiger partial charge in [0.2, 0.25) is 0 Å². The number of hydrazine groups is 1. The summed E-state index contributed by atoms with van der Waals surface area (Å²) in [4.78, 5) is 0. The molecular weight excluding hydrogens is 228 g/mol. The van der Waals surface area contributed by atoms with Gasteiger partial charge in [-0.2, -0.15) is 0 Å². The van der Waals surface area contributed by atoms with Crippen LogP contribution in [0.5, 0.6) is 5.75 Å². The highest BCUT2D eigenvalue weighted by Gasteiger charge is 2.14. The summed E-state index contributed by atoms with van der Waals surface area (Å²) in [7, 11) is 1.72. The number of rotatable bonds is 8. The van der Waals surface area contributed by atoms with E-state index in [1.165, 1.54) is 5.56 Å². The summed E-state index contributed by atoms with van der Waals surface area (Å²) >= 11 is 0. The van der Waals surface area contributed by atoms with Gasteiger partial charge in [0.05, 0.1) is 6.61 Å². The van der Waals surface area contributed by atoms with Crippen LogP contribution in [0.15, 0.2) is 24.3 Å². The van der Waals surface area contributed by atoms with E-state index in [9.17, 15) is 0 Å². The molecule has 1 aromatic carbocycles. The third-order valence-electron chi connectivity index (χ3n) is 2.88. The molecule has 0 amide bonds. The van der Waals surface area contributed by atoms with Crippen LogP contribution >= 0.6 is 0 Å². The third kappa shape index (κ3) is 4.64. The zero-order chi connectivity index (χ0) is 13.4. The van der Waals surface area contributed by atoms with Crippen LogP contribution in [0.2, 0.25) is 0 Å². The number of benzene rings is 1. The highest BCUT2D eigenvalue weighted by atomic mass is 16.5. The van der Waals surface area contributed by atoms with Gasteiger partial charge in [-0.15, -0.1) is 0 Å². The van der Waals surface area contributed by atoms with Gasteiger partial charge in [0, 0.05) is 19.8 Å². The van der Waals surface area contributed by atoms with E-state index in [0.717, 1.165) is 18.8 Å². The molecule has 0 fully saturated rings. The molecule has 102 valence electrons. The second-order valence-electron chi connectivity index (χ2n) is 4.52. The molecule has 0 aliphatic carbocycles. The molecule has 1 aromatic rings. The molecule has 0 aliphatic heterocycles. The number of hydrogen-bond acceptors (Lipinski definition) is 4. The summed E-state index contributed by atoms with van der Waals surface area (Å²) in [5.74, 6) is 6.98. The molecular formula is C14H24N2O2. The topological polar surface area (TPSA) is 56.5 Å². The Bertz CT molecular complexity index is 327. The van der Waals surface area contributed by atoms with Crippen LogP contribution in [0.1, 0.15) is 31.9 Å². The third-order valence-corrected chi connectivity index (χ3v) is 2.88. The fourth-order valence-electron chi connectivity index (χ4n) is 2.02. The predicted molar refractivity (Wildman–Crippen MR) is 73.3 cm³/mol. The van der Waals surface area contributed by atoms with Gasteiger partial charge in [-0.05, 0) is 37.0 Å². The number of ether oxygens (including phenoxy) is 2. The molecule has 2 atom stereocenters. The lowest BCUT2D eigenvalue weighted by molar-refractivity contribution is 0.149. The maximum Gasteiger partial charge on any atom is 0.119 e. The van der Waals surface area contributed by atoms with Crippen molar-refractivity contribution in [1.82, 2.24) is 5.43 Å². The molecule has 0 aliphatic rings. The number of nitrogens with one attached hydrogen (secondary N) is 1. The zero-order valence-electron chi connectivity index (χ0n) is 11.5. The van der Waals surface area contributed by atoms with Gasteiger partial charge in [0.15, 0.2) is 0 Å². The van der Waals surface area contributed by atoms with Crippen LogP contribution in [0.25, 0.3) is 0 Å². The first-order valence-corrected chi connectivity index (χ1v) is 6.39. The first-order valence-electron chi connectivity index (χ1n) is 6.39. The molecule has 0 saturated carbocycles. The Hall–Kier alpha value is -1.10. The van der Waals surface area contributed by atoms with Crippen LogP contribution < -0.4 is 16.0 Å². The minimum absolute atomic E-state index is 0.144. The van der Waals surface area contributed by atoms with Crippen molar-refractivity contribution in [3.63, 3.8) is 0 Å². The van der Waals surface area contributed by atoms with E-state index in [-0.39, 0.29) is 6.04 Å². The zero-order valence-corrected chi connectivity index (χ0v) is 11.5. The lowest BCUT2D eigenvalue weighted by Crippen LogP contribution is -2.30. The molecule has 18 heavy (non-hydrogen) atoms. The van der Waals surface area contributed by atoms with Crippen LogP contribution in [0.4, 0.5) is 0 Å². The fourth-order valence-corrected chi connectivity index (χ4v) is 2.02. The summed E-state index contributed by atoms with van der Waals surface area (Å²) in [6, 6.07) is 8.20. The summed E-state index contributed by atoms with van der Waals surface area (Å²) in [5, 5.41) is 0. The summed E-state index contributed by atoms with van der Waals surface area (Å²) in [5.41, 5.74) is 4.03. The second-order valence-corrected chi connectivity index (χ2v) is 4.52. The highest BCUT2D eigenvalue weighted by molar-refractivity contribution is 5.29. The first-order chi connectivity index (χ1) is 8.71. The Balaban J connectivity index is 2.63. The standard InChI is InChI=1S/C14H24N2O2/c1-4-18-13-7-5-12(6-8-13)14(16-15)9-11(2)10-17-3/h5-8,11,14,16H,4,9-10,15H2,1-3H3. The maximum absolute atomic E-state index is 5.62.